The molecule has 0 saturated carbocycles. The van der Waals surface area contributed by atoms with E-state index in [1.165, 1.54) is 23.5 Å². The molecule has 1 aromatic carbocycles. The Labute approximate surface area is 161 Å². The molecule has 1 aliphatic rings. The second kappa shape index (κ2) is 8.00. The van der Waals surface area contributed by atoms with E-state index in [0.717, 1.165) is 43.7 Å². The molecule has 0 bridgehead atoms. The summed E-state index contributed by atoms with van der Waals surface area (Å²) in [5, 5.41) is 22.2. The molecule has 1 aromatic heterocycles. The van der Waals surface area contributed by atoms with Crippen molar-refractivity contribution in [3.8, 4) is 5.88 Å². The average molecular weight is 387 g/mol. The second-order valence-electron chi connectivity index (χ2n) is 6.87. The molecule has 1 unspecified atom stereocenters. The number of nitro benzene ring substituents is 1. The highest BCUT2D eigenvalue weighted by Gasteiger charge is 2.43. The Morgan fingerprint density at radius 1 is 1.41 bits per heavy atom. The minimum atomic E-state index is -0.374. The molecule has 1 atom stereocenters. The van der Waals surface area contributed by atoms with Gasteiger partial charge in [-0.15, -0.1) is 0 Å². The zero-order valence-electron chi connectivity index (χ0n) is 15.3. The van der Waals surface area contributed by atoms with Crippen LogP contribution in [0.4, 0.5) is 5.69 Å². The van der Waals surface area contributed by atoms with Gasteiger partial charge in [0.15, 0.2) is 6.54 Å². The molecule has 0 radical (unpaired) electrons. The highest BCUT2D eigenvalue weighted by atomic mass is 32.1. The van der Waals surface area contributed by atoms with Crippen LogP contribution >= 0.6 is 11.3 Å². The number of aromatic hydroxyl groups is 1. The summed E-state index contributed by atoms with van der Waals surface area (Å²) in [4.78, 5) is 22.7. The van der Waals surface area contributed by atoms with Crippen molar-refractivity contribution in [2.75, 3.05) is 0 Å². The van der Waals surface area contributed by atoms with Gasteiger partial charge in [0.1, 0.15) is 6.07 Å². The number of nitrogens with zero attached hydrogens (tertiary/aromatic N) is 2. The van der Waals surface area contributed by atoms with Gasteiger partial charge in [0.2, 0.25) is 9.75 Å². The van der Waals surface area contributed by atoms with Gasteiger partial charge in [-0.25, -0.2) is 0 Å². The van der Waals surface area contributed by atoms with E-state index in [1.807, 2.05) is 10.6 Å². The average Bonchev–Trinajstić information content (AvgIpc) is 2.65. The zero-order valence-corrected chi connectivity index (χ0v) is 16.1. The van der Waals surface area contributed by atoms with Crippen molar-refractivity contribution in [3.63, 3.8) is 0 Å². The lowest BCUT2D eigenvalue weighted by Crippen LogP contribution is -2.50. The molecule has 1 aliphatic heterocycles. The summed E-state index contributed by atoms with van der Waals surface area (Å²) in [5.74, 6) is 0.0433. The predicted octanol–water partition coefficient (Wildman–Crippen LogP) is 3.94. The Balaban J connectivity index is 1.82. The fourth-order valence-electron chi connectivity index (χ4n) is 3.86. The van der Waals surface area contributed by atoms with E-state index in [0.29, 0.717) is 5.56 Å². The summed E-state index contributed by atoms with van der Waals surface area (Å²) >= 11 is 1.22. The molecule has 6 nitrogen and oxygen atoms in total. The number of hydrogen-bond acceptors (Lipinski definition) is 5. The SMILES string of the molecule is CCC1(CC/C=C\c2ccccc2[N+](=O)[O-])CCC[n+]2c(O)cc(=O)sc21. The lowest BCUT2D eigenvalue weighted by atomic mass is 9.75. The van der Waals surface area contributed by atoms with Crippen molar-refractivity contribution in [3.05, 3.63) is 66.6 Å². The first-order chi connectivity index (χ1) is 13.0. The summed E-state index contributed by atoms with van der Waals surface area (Å²) in [7, 11) is 0. The third-order valence-corrected chi connectivity index (χ3v) is 6.52. The summed E-state index contributed by atoms with van der Waals surface area (Å²) in [6, 6.07) is 7.97. The minimum absolute atomic E-state index is 0.0433. The van der Waals surface area contributed by atoms with Crippen LogP contribution in [0.15, 0.2) is 41.2 Å². The monoisotopic (exact) mass is 387 g/mol. The smallest absolute Gasteiger partial charge is 0.371 e. The number of rotatable bonds is 6. The summed E-state index contributed by atoms with van der Waals surface area (Å²) in [5.41, 5.74) is 0.544. The van der Waals surface area contributed by atoms with Gasteiger partial charge >= 0.3 is 5.88 Å². The first-order valence-corrected chi connectivity index (χ1v) is 9.96. The molecule has 0 amide bonds. The molecule has 0 fully saturated rings. The Morgan fingerprint density at radius 2 is 2.19 bits per heavy atom. The van der Waals surface area contributed by atoms with Gasteiger partial charge in [-0.3, -0.25) is 14.9 Å². The van der Waals surface area contributed by atoms with Crippen molar-refractivity contribution in [1.29, 1.82) is 0 Å². The van der Waals surface area contributed by atoms with Crippen molar-refractivity contribution in [2.45, 2.75) is 51.0 Å². The predicted molar refractivity (Wildman–Crippen MR) is 105 cm³/mol. The standard InChI is InChI=1S/C20H22N2O4S/c1-2-20(12-7-13-21-17(23)14-18(24)27-19(20)21)11-6-5-9-15-8-3-4-10-16(15)22(25)26/h3-5,8-10,14H,2,6-7,11-13H2,1H3/p+1/b9-5-. The lowest BCUT2D eigenvalue weighted by Gasteiger charge is -2.32. The maximum Gasteiger partial charge on any atom is 0.371 e. The molecule has 0 saturated heterocycles. The molecule has 27 heavy (non-hydrogen) atoms. The van der Waals surface area contributed by atoms with Gasteiger partial charge in [0.25, 0.3) is 5.69 Å². The van der Waals surface area contributed by atoms with Gasteiger partial charge in [-0.1, -0.05) is 31.2 Å². The molecule has 0 aliphatic carbocycles. The van der Waals surface area contributed by atoms with E-state index < -0.39 is 0 Å². The van der Waals surface area contributed by atoms with E-state index in [4.69, 9.17) is 0 Å². The molecule has 3 rings (SSSR count). The number of nitro groups is 1. The quantitative estimate of drug-likeness (QED) is 0.462. The van der Waals surface area contributed by atoms with Crippen molar-refractivity contribution in [1.82, 2.24) is 0 Å². The van der Waals surface area contributed by atoms with E-state index >= 15 is 0 Å². The molecule has 7 heteroatoms. The van der Waals surface area contributed by atoms with E-state index in [9.17, 15) is 20.0 Å². The zero-order chi connectivity index (χ0) is 19.4. The Bertz CT molecular complexity index is 938. The maximum atomic E-state index is 11.9. The van der Waals surface area contributed by atoms with Crippen LogP contribution in [-0.4, -0.2) is 10.0 Å². The first kappa shape index (κ1) is 19.2. The van der Waals surface area contributed by atoms with Gasteiger partial charge in [0, 0.05) is 12.5 Å². The third-order valence-electron chi connectivity index (χ3n) is 5.35. The number of para-hydroxylation sites is 1. The first-order valence-electron chi connectivity index (χ1n) is 9.14. The van der Waals surface area contributed by atoms with E-state index in [2.05, 4.69) is 6.92 Å². The minimum Gasteiger partial charge on any atom is -0.460 e. The highest BCUT2D eigenvalue weighted by molar-refractivity contribution is 7.08. The number of aromatic nitrogens is 1. The Morgan fingerprint density at radius 3 is 2.93 bits per heavy atom. The van der Waals surface area contributed by atoms with Crippen LogP contribution in [0.3, 0.4) is 0 Å². The van der Waals surface area contributed by atoms with Crippen LogP contribution in [0.25, 0.3) is 6.08 Å². The summed E-state index contributed by atoms with van der Waals surface area (Å²) < 4.78 is 1.74. The topological polar surface area (TPSA) is 84.3 Å². The van der Waals surface area contributed by atoms with Gasteiger partial charge in [-0.05, 0) is 43.1 Å². The fraction of sp³-hybridized carbons (Fsp3) is 0.400. The number of benzene rings is 1. The highest BCUT2D eigenvalue weighted by Crippen LogP contribution is 2.40. The summed E-state index contributed by atoms with van der Waals surface area (Å²) in [6.45, 7) is 2.84. The largest absolute Gasteiger partial charge is 0.460 e. The van der Waals surface area contributed by atoms with Gasteiger partial charge < -0.3 is 5.11 Å². The number of fused-ring (bicyclic) bond motifs is 1. The number of allylic oxidation sites excluding steroid dienone is 1. The second-order valence-corrected chi connectivity index (χ2v) is 7.87. The van der Waals surface area contributed by atoms with Crippen molar-refractivity contribution in [2.24, 2.45) is 0 Å². The Kier molecular flexibility index (Phi) is 5.70. The van der Waals surface area contributed by atoms with Gasteiger partial charge in [0.05, 0.1) is 15.9 Å². The van der Waals surface area contributed by atoms with Crippen LogP contribution in [0.5, 0.6) is 5.88 Å². The third kappa shape index (κ3) is 3.93. The molecule has 142 valence electrons. The van der Waals surface area contributed by atoms with Crippen molar-refractivity contribution >= 4 is 23.1 Å². The van der Waals surface area contributed by atoms with E-state index in [-0.39, 0.29) is 26.6 Å². The van der Waals surface area contributed by atoms with Crippen LogP contribution in [-0.2, 0) is 12.0 Å². The van der Waals surface area contributed by atoms with Crippen LogP contribution in [0, 0.1) is 10.1 Å². The molecule has 0 spiro atoms. The normalized spacial score (nSPS) is 19.1. The molecular formula is C20H23N2O4S+. The van der Waals surface area contributed by atoms with Gasteiger partial charge in [-0.2, -0.15) is 4.57 Å². The molecular weight excluding hydrogens is 364 g/mol. The van der Waals surface area contributed by atoms with Crippen LogP contribution in [0.1, 0.15) is 49.6 Å². The fourth-order valence-corrected chi connectivity index (χ4v) is 5.08. The maximum absolute atomic E-state index is 11.9. The van der Waals surface area contributed by atoms with Crippen LogP contribution < -0.4 is 9.31 Å². The Hall–Kier alpha value is -2.54. The lowest BCUT2D eigenvalue weighted by molar-refractivity contribution is -0.716. The molecule has 1 N–H and O–H groups in total. The summed E-state index contributed by atoms with van der Waals surface area (Å²) in [6.07, 6.45) is 8.15. The number of hydrogen-bond donors (Lipinski definition) is 1. The van der Waals surface area contributed by atoms with E-state index in [1.54, 1.807) is 24.3 Å². The van der Waals surface area contributed by atoms with Crippen LogP contribution in [0.2, 0.25) is 0 Å². The molecule has 2 heterocycles. The van der Waals surface area contributed by atoms with Crippen molar-refractivity contribution < 1.29 is 14.6 Å². The molecule has 2 aromatic rings.